The van der Waals surface area contributed by atoms with Gasteiger partial charge >= 0.3 is 6.09 Å². The fraction of sp³-hybridized carbons (Fsp3) is 0.923. The smallest absolute Gasteiger partial charge is 0.410 e. The van der Waals surface area contributed by atoms with E-state index in [0.29, 0.717) is 12.0 Å². The normalized spacial score (nSPS) is 29.4. The Kier molecular flexibility index (Phi) is 4.43. The predicted octanol–water partition coefficient (Wildman–Crippen LogP) is 1.95. The average molecular weight is 272 g/mol. The number of ether oxygens (including phenoxy) is 1. The van der Waals surface area contributed by atoms with Crippen LogP contribution >= 0.6 is 11.8 Å². The second-order valence-electron chi connectivity index (χ2n) is 6.11. The Morgan fingerprint density at radius 3 is 2.83 bits per heavy atom. The van der Waals surface area contributed by atoms with Crippen LogP contribution in [-0.4, -0.2) is 53.8 Å². The van der Waals surface area contributed by atoms with E-state index in [9.17, 15) is 4.79 Å². The monoisotopic (exact) mass is 272 g/mol. The Morgan fingerprint density at radius 1 is 1.44 bits per heavy atom. The van der Waals surface area contributed by atoms with E-state index in [4.69, 9.17) is 4.74 Å². The van der Waals surface area contributed by atoms with Crippen LogP contribution in [0.4, 0.5) is 4.79 Å². The molecular weight excluding hydrogens is 248 g/mol. The summed E-state index contributed by atoms with van der Waals surface area (Å²) >= 11 is 2.02. The topological polar surface area (TPSA) is 41.6 Å². The minimum atomic E-state index is -0.402. The second kappa shape index (κ2) is 5.70. The van der Waals surface area contributed by atoms with Gasteiger partial charge in [0, 0.05) is 25.7 Å². The van der Waals surface area contributed by atoms with Gasteiger partial charge in [0.1, 0.15) is 5.60 Å². The Labute approximate surface area is 114 Å². The lowest BCUT2D eigenvalue weighted by Gasteiger charge is -2.37. The van der Waals surface area contributed by atoms with Crippen LogP contribution in [0.3, 0.4) is 0 Å². The van der Waals surface area contributed by atoms with Gasteiger partial charge in [0.2, 0.25) is 0 Å². The van der Waals surface area contributed by atoms with Crippen LogP contribution in [0.15, 0.2) is 0 Å². The van der Waals surface area contributed by atoms with Crippen molar-refractivity contribution in [1.82, 2.24) is 10.2 Å². The molecule has 2 rings (SSSR count). The molecule has 2 saturated heterocycles. The lowest BCUT2D eigenvalue weighted by Crippen LogP contribution is -2.56. The van der Waals surface area contributed by atoms with E-state index in [1.54, 1.807) is 0 Å². The van der Waals surface area contributed by atoms with Gasteiger partial charge in [-0.2, -0.15) is 11.8 Å². The summed E-state index contributed by atoms with van der Waals surface area (Å²) in [5.41, 5.74) is -0.402. The molecule has 2 fully saturated rings. The van der Waals surface area contributed by atoms with Gasteiger partial charge in [-0.25, -0.2) is 4.79 Å². The number of piperazine rings is 1. The maximum Gasteiger partial charge on any atom is 0.410 e. The first-order valence-electron chi connectivity index (χ1n) is 6.75. The third kappa shape index (κ3) is 3.79. The van der Waals surface area contributed by atoms with E-state index in [1.807, 2.05) is 37.4 Å². The van der Waals surface area contributed by atoms with Crippen molar-refractivity contribution >= 4 is 17.9 Å². The molecular formula is C13H24N2O2S. The number of carbonyl (C=O) groups is 1. The third-order valence-electron chi connectivity index (χ3n) is 3.39. The zero-order chi connectivity index (χ0) is 13.2. The lowest BCUT2D eigenvalue weighted by molar-refractivity contribution is 0.0177. The molecule has 104 valence electrons. The summed E-state index contributed by atoms with van der Waals surface area (Å²) in [7, 11) is 0. The molecule has 2 aliphatic heterocycles. The highest BCUT2D eigenvalue weighted by Crippen LogP contribution is 2.27. The maximum absolute atomic E-state index is 12.0. The number of nitrogens with one attached hydrogen (secondary N) is 1. The molecule has 0 saturated carbocycles. The predicted molar refractivity (Wildman–Crippen MR) is 75.0 cm³/mol. The highest BCUT2D eigenvalue weighted by molar-refractivity contribution is 7.99. The molecule has 2 aliphatic rings. The molecule has 5 heteroatoms. The number of hydrogen-bond acceptors (Lipinski definition) is 4. The van der Waals surface area contributed by atoms with E-state index >= 15 is 0 Å². The molecule has 0 radical (unpaired) electrons. The fourth-order valence-electron chi connectivity index (χ4n) is 2.46. The van der Waals surface area contributed by atoms with Gasteiger partial charge in [-0.15, -0.1) is 0 Å². The Morgan fingerprint density at radius 2 is 2.22 bits per heavy atom. The quantitative estimate of drug-likeness (QED) is 0.792. The van der Waals surface area contributed by atoms with Gasteiger partial charge in [0.15, 0.2) is 0 Å². The van der Waals surface area contributed by atoms with Crippen LogP contribution < -0.4 is 5.32 Å². The minimum absolute atomic E-state index is 0.167. The third-order valence-corrected chi connectivity index (χ3v) is 4.58. The summed E-state index contributed by atoms with van der Waals surface area (Å²) in [5, 5.41) is 3.55. The maximum atomic E-state index is 12.0. The number of thioether (sulfide) groups is 1. The molecule has 1 amide bonds. The number of hydrogen-bond donors (Lipinski definition) is 1. The molecule has 0 aromatic carbocycles. The number of rotatable bonds is 1. The number of nitrogens with zero attached hydrogens (tertiary/aromatic N) is 1. The first-order chi connectivity index (χ1) is 8.46. The van der Waals surface area contributed by atoms with Crippen LogP contribution in [-0.2, 0) is 4.74 Å². The minimum Gasteiger partial charge on any atom is -0.444 e. The van der Waals surface area contributed by atoms with Crippen molar-refractivity contribution < 1.29 is 9.53 Å². The molecule has 0 spiro atoms. The molecule has 4 nitrogen and oxygen atoms in total. The molecule has 0 aromatic rings. The van der Waals surface area contributed by atoms with Crippen molar-refractivity contribution in [2.75, 3.05) is 31.1 Å². The first kappa shape index (κ1) is 14.0. The van der Waals surface area contributed by atoms with Gasteiger partial charge in [-0.1, -0.05) is 0 Å². The number of amides is 1. The van der Waals surface area contributed by atoms with E-state index in [2.05, 4.69) is 5.32 Å². The Bertz CT molecular complexity index is 298. The van der Waals surface area contributed by atoms with Crippen molar-refractivity contribution in [3.63, 3.8) is 0 Å². The van der Waals surface area contributed by atoms with Crippen molar-refractivity contribution in [2.24, 2.45) is 5.92 Å². The van der Waals surface area contributed by atoms with Gasteiger partial charge in [-0.05, 0) is 44.6 Å². The van der Waals surface area contributed by atoms with Gasteiger partial charge in [0.25, 0.3) is 0 Å². The van der Waals surface area contributed by atoms with Crippen molar-refractivity contribution in [3.05, 3.63) is 0 Å². The molecule has 2 unspecified atom stereocenters. The van der Waals surface area contributed by atoms with Gasteiger partial charge in [-0.3, -0.25) is 0 Å². The highest BCUT2D eigenvalue weighted by atomic mass is 32.2. The van der Waals surface area contributed by atoms with E-state index < -0.39 is 5.60 Å². The van der Waals surface area contributed by atoms with Crippen LogP contribution in [0, 0.1) is 5.92 Å². The molecule has 1 N–H and O–H groups in total. The van der Waals surface area contributed by atoms with Crippen LogP contribution in [0.25, 0.3) is 0 Å². The van der Waals surface area contributed by atoms with Crippen LogP contribution in [0.2, 0.25) is 0 Å². The van der Waals surface area contributed by atoms with Crippen molar-refractivity contribution in [1.29, 1.82) is 0 Å². The zero-order valence-corrected chi connectivity index (χ0v) is 12.4. The summed E-state index contributed by atoms with van der Waals surface area (Å²) in [6, 6.07) is 0.446. The van der Waals surface area contributed by atoms with E-state index in [-0.39, 0.29) is 6.09 Å². The van der Waals surface area contributed by atoms with Gasteiger partial charge < -0.3 is 15.0 Å². The van der Waals surface area contributed by atoms with Crippen molar-refractivity contribution in [2.45, 2.75) is 38.8 Å². The second-order valence-corrected chi connectivity index (χ2v) is 7.26. The standard InChI is InChI=1S/C13H24N2O2S/c1-13(2,3)17-12(16)15-6-5-14-11(8-15)10-4-7-18-9-10/h10-11,14H,4-9H2,1-3H3. The fourth-order valence-corrected chi connectivity index (χ4v) is 3.79. The zero-order valence-electron chi connectivity index (χ0n) is 11.6. The summed E-state index contributed by atoms with van der Waals surface area (Å²) in [5.74, 6) is 3.19. The summed E-state index contributed by atoms with van der Waals surface area (Å²) in [4.78, 5) is 13.9. The first-order valence-corrected chi connectivity index (χ1v) is 7.90. The lowest BCUT2D eigenvalue weighted by atomic mass is 9.97. The van der Waals surface area contributed by atoms with Gasteiger partial charge in [0.05, 0.1) is 0 Å². The molecule has 0 bridgehead atoms. The molecule has 0 aromatic heterocycles. The summed E-state index contributed by atoms with van der Waals surface area (Å²) < 4.78 is 5.44. The van der Waals surface area contributed by atoms with Crippen molar-refractivity contribution in [3.8, 4) is 0 Å². The largest absolute Gasteiger partial charge is 0.444 e. The van der Waals surface area contributed by atoms with E-state index in [1.165, 1.54) is 17.9 Å². The SMILES string of the molecule is CC(C)(C)OC(=O)N1CCNC(C2CCSC2)C1. The Hall–Kier alpha value is -0.420. The van der Waals surface area contributed by atoms with Crippen LogP contribution in [0.5, 0.6) is 0 Å². The molecule has 18 heavy (non-hydrogen) atoms. The summed E-state index contributed by atoms with van der Waals surface area (Å²) in [6.07, 6.45) is 1.10. The summed E-state index contributed by atoms with van der Waals surface area (Å²) in [6.45, 7) is 8.17. The molecule has 2 heterocycles. The van der Waals surface area contributed by atoms with Crippen LogP contribution in [0.1, 0.15) is 27.2 Å². The molecule has 0 aliphatic carbocycles. The Balaban J connectivity index is 1.87. The van der Waals surface area contributed by atoms with E-state index in [0.717, 1.165) is 19.6 Å². The average Bonchev–Trinajstić information content (AvgIpc) is 2.80. The number of carbonyl (C=O) groups excluding carboxylic acids is 1. The molecule has 2 atom stereocenters. The highest BCUT2D eigenvalue weighted by Gasteiger charge is 2.32.